The molecule has 124 valence electrons. The van der Waals surface area contributed by atoms with Gasteiger partial charge in [-0.3, -0.25) is 9.59 Å². The maximum absolute atomic E-state index is 12.2. The van der Waals surface area contributed by atoms with E-state index in [9.17, 15) is 9.59 Å². The number of rotatable bonds is 5. The molecule has 2 rings (SSSR count). The zero-order chi connectivity index (χ0) is 16.8. The molecule has 23 heavy (non-hydrogen) atoms. The quantitative estimate of drug-likeness (QED) is 0.827. The van der Waals surface area contributed by atoms with Gasteiger partial charge in [-0.05, 0) is 37.6 Å². The van der Waals surface area contributed by atoms with Gasteiger partial charge in [0, 0.05) is 19.2 Å². The summed E-state index contributed by atoms with van der Waals surface area (Å²) < 4.78 is 10.8. The van der Waals surface area contributed by atoms with Crippen molar-refractivity contribution in [3.8, 4) is 5.75 Å². The van der Waals surface area contributed by atoms with E-state index < -0.39 is 5.91 Å². The molecule has 0 saturated carbocycles. The zero-order valence-electron chi connectivity index (χ0n) is 13.4. The fourth-order valence-corrected chi connectivity index (χ4v) is 2.46. The minimum absolute atomic E-state index is 0.0268. The number of hydrogen-bond donors (Lipinski definition) is 1. The van der Waals surface area contributed by atoms with E-state index in [0.717, 1.165) is 5.56 Å². The predicted molar refractivity (Wildman–Crippen MR) is 86.8 cm³/mol. The minimum Gasteiger partial charge on any atom is -0.484 e. The van der Waals surface area contributed by atoms with Crippen molar-refractivity contribution in [2.75, 3.05) is 19.7 Å². The van der Waals surface area contributed by atoms with E-state index in [1.54, 1.807) is 29.2 Å². The Hall–Kier alpha value is -2.34. The van der Waals surface area contributed by atoms with Crippen molar-refractivity contribution in [1.29, 1.82) is 0 Å². The zero-order valence-corrected chi connectivity index (χ0v) is 13.4. The van der Waals surface area contributed by atoms with Crippen molar-refractivity contribution >= 4 is 17.9 Å². The molecule has 2 N–H and O–H groups in total. The number of ether oxygens (including phenoxy) is 2. The fourth-order valence-electron chi connectivity index (χ4n) is 2.46. The number of morpholine rings is 1. The Morgan fingerprint density at radius 1 is 1.26 bits per heavy atom. The number of nitrogens with two attached hydrogens (primary N) is 1. The van der Waals surface area contributed by atoms with Crippen LogP contribution >= 0.6 is 0 Å². The SMILES string of the molecule is CC1CN(C(=O)C=Cc2ccc(OCC(N)=O)cc2)CC(C)O1. The third-order valence-corrected chi connectivity index (χ3v) is 3.41. The van der Waals surface area contributed by atoms with Crippen molar-refractivity contribution in [2.24, 2.45) is 5.73 Å². The Kier molecular flexibility index (Phi) is 5.76. The fraction of sp³-hybridized carbons (Fsp3) is 0.412. The predicted octanol–water partition coefficient (Wildman–Crippen LogP) is 1.20. The largest absolute Gasteiger partial charge is 0.484 e. The first-order valence-corrected chi connectivity index (χ1v) is 7.57. The van der Waals surface area contributed by atoms with Gasteiger partial charge in [0.15, 0.2) is 6.61 Å². The molecule has 2 atom stereocenters. The van der Waals surface area contributed by atoms with Crippen molar-refractivity contribution < 1.29 is 19.1 Å². The number of hydrogen-bond acceptors (Lipinski definition) is 4. The molecule has 2 unspecified atom stereocenters. The first-order chi connectivity index (χ1) is 10.9. The highest BCUT2D eigenvalue weighted by atomic mass is 16.5. The molecule has 6 nitrogen and oxygen atoms in total. The molecule has 0 aliphatic carbocycles. The Morgan fingerprint density at radius 2 is 1.87 bits per heavy atom. The maximum Gasteiger partial charge on any atom is 0.255 e. The monoisotopic (exact) mass is 318 g/mol. The molecule has 1 saturated heterocycles. The van der Waals surface area contributed by atoms with E-state index in [0.29, 0.717) is 18.8 Å². The first-order valence-electron chi connectivity index (χ1n) is 7.57. The molecule has 1 heterocycles. The molecule has 0 aromatic heterocycles. The van der Waals surface area contributed by atoms with Crippen LogP contribution in [0.1, 0.15) is 19.4 Å². The highest BCUT2D eigenvalue weighted by molar-refractivity contribution is 5.91. The normalized spacial score (nSPS) is 21.4. The molecule has 6 heteroatoms. The standard InChI is InChI=1S/C17H22N2O4/c1-12-9-19(10-13(2)23-12)17(21)8-5-14-3-6-15(7-4-14)22-11-16(18)20/h3-8,12-13H,9-11H2,1-2H3,(H2,18,20). The second-order valence-electron chi connectivity index (χ2n) is 5.66. The molecular formula is C17H22N2O4. The number of benzene rings is 1. The second-order valence-corrected chi connectivity index (χ2v) is 5.66. The lowest BCUT2D eigenvalue weighted by Crippen LogP contribution is -2.47. The van der Waals surface area contributed by atoms with E-state index in [4.69, 9.17) is 15.2 Å². The summed E-state index contributed by atoms with van der Waals surface area (Å²) in [4.78, 5) is 24.7. The van der Waals surface area contributed by atoms with Gasteiger partial charge >= 0.3 is 0 Å². The Balaban J connectivity index is 1.91. The Bertz CT molecular complexity index is 573. The third kappa shape index (κ3) is 5.41. The van der Waals surface area contributed by atoms with E-state index in [1.165, 1.54) is 0 Å². The van der Waals surface area contributed by atoms with Crippen LogP contribution in [0, 0.1) is 0 Å². The van der Waals surface area contributed by atoms with Gasteiger partial charge in [-0.1, -0.05) is 12.1 Å². The van der Waals surface area contributed by atoms with Gasteiger partial charge < -0.3 is 20.1 Å². The van der Waals surface area contributed by atoms with Gasteiger partial charge in [0.05, 0.1) is 12.2 Å². The lowest BCUT2D eigenvalue weighted by atomic mass is 10.2. The summed E-state index contributed by atoms with van der Waals surface area (Å²) in [7, 11) is 0. The van der Waals surface area contributed by atoms with E-state index in [2.05, 4.69) is 0 Å². The Morgan fingerprint density at radius 3 is 2.43 bits per heavy atom. The summed E-state index contributed by atoms with van der Waals surface area (Å²) in [5, 5.41) is 0. The summed E-state index contributed by atoms with van der Waals surface area (Å²) in [6, 6.07) is 7.08. The number of carbonyl (C=O) groups excluding carboxylic acids is 2. The van der Waals surface area contributed by atoms with Crippen LogP contribution in [0.2, 0.25) is 0 Å². The van der Waals surface area contributed by atoms with Gasteiger partial charge in [-0.2, -0.15) is 0 Å². The summed E-state index contributed by atoms with van der Waals surface area (Å²) >= 11 is 0. The average molecular weight is 318 g/mol. The molecule has 1 fully saturated rings. The lowest BCUT2D eigenvalue weighted by molar-refractivity contribution is -0.137. The summed E-state index contributed by atoms with van der Waals surface area (Å²) in [5.74, 6) is 0.0118. The molecule has 0 bridgehead atoms. The summed E-state index contributed by atoms with van der Waals surface area (Å²) in [5.41, 5.74) is 5.89. The van der Waals surface area contributed by atoms with Crippen LogP contribution in [0.25, 0.3) is 6.08 Å². The third-order valence-electron chi connectivity index (χ3n) is 3.41. The van der Waals surface area contributed by atoms with Crippen molar-refractivity contribution in [1.82, 2.24) is 4.90 Å². The van der Waals surface area contributed by atoms with Crippen LogP contribution in [0.3, 0.4) is 0 Å². The summed E-state index contributed by atoms with van der Waals surface area (Å²) in [6.07, 6.45) is 3.42. The molecule has 0 spiro atoms. The van der Waals surface area contributed by atoms with Gasteiger partial charge in [0.1, 0.15) is 5.75 Å². The van der Waals surface area contributed by atoms with Gasteiger partial charge in [0.2, 0.25) is 5.91 Å². The molecule has 1 aliphatic heterocycles. The number of amides is 2. The highest BCUT2D eigenvalue weighted by Gasteiger charge is 2.24. The first kappa shape index (κ1) is 17.0. The van der Waals surface area contributed by atoms with Gasteiger partial charge in [0.25, 0.3) is 5.91 Å². The molecule has 1 aromatic rings. The van der Waals surface area contributed by atoms with Gasteiger partial charge in [-0.25, -0.2) is 0 Å². The topological polar surface area (TPSA) is 81.9 Å². The van der Waals surface area contributed by atoms with Crippen molar-refractivity contribution in [3.63, 3.8) is 0 Å². The van der Waals surface area contributed by atoms with Crippen molar-refractivity contribution in [2.45, 2.75) is 26.1 Å². The summed E-state index contributed by atoms with van der Waals surface area (Å²) in [6.45, 7) is 4.98. The van der Waals surface area contributed by atoms with Crippen molar-refractivity contribution in [3.05, 3.63) is 35.9 Å². The molecule has 2 amide bonds. The minimum atomic E-state index is -0.520. The number of nitrogens with zero attached hydrogens (tertiary/aromatic N) is 1. The maximum atomic E-state index is 12.2. The molecular weight excluding hydrogens is 296 g/mol. The van der Waals surface area contributed by atoms with Crippen LogP contribution < -0.4 is 10.5 Å². The van der Waals surface area contributed by atoms with Crippen LogP contribution in [0.5, 0.6) is 5.75 Å². The lowest BCUT2D eigenvalue weighted by Gasteiger charge is -2.34. The van der Waals surface area contributed by atoms with Gasteiger partial charge in [-0.15, -0.1) is 0 Å². The number of primary amides is 1. The molecule has 1 aliphatic rings. The second kappa shape index (κ2) is 7.78. The van der Waals surface area contributed by atoms with E-state index in [-0.39, 0.29) is 24.7 Å². The van der Waals surface area contributed by atoms with Crippen LogP contribution in [0.15, 0.2) is 30.3 Å². The van der Waals surface area contributed by atoms with Crippen LogP contribution in [0.4, 0.5) is 0 Å². The van der Waals surface area contributed by atoms with Crippen LogP contribution in [-0.4, -0.2) is 48.6 Å². The Labute approximate surface area is 135 Å². The van der Waals surface area contributed by atoms with Crippen LogP contribution in [-0.2, 0) is 14.3 Å². The molecule has 1 aromatic carbocycles. The van der Waals surface area contributed by atoms with E-state index in [1.807, 2.05) is 26.0 Å². The average Bonchev–Trinajstić information content (AvgIpc) is 2.50. The van der Waals surface area contributed by atoms with E-state index >= 15 is 0 Å². The molecule has 0 radical (unpaired) electrons. The smallest absolute Gasteiger partial charge is 0.255 e. The number of carbonyl (C=O) groups is 2. The highest BCUT2D eigenvalue weighted by Crippen LogP contribution is 2.14.